The molecule has 0 saturated heterocycles. The van der Waals surface area contributed by atoms with Crippen molar-refractivity contribution in [1.82, 2.24) is 15.0 Å². The number of methoxy groups -OCH3 is 1. The Morgan fingerprint density at radius 3 is 2.53 bits per heavy atom. The highest BCUT2D eigenvalue weighted by Gasteiger charge is 2.12. The van der Waals surface area contributed by atoms with Gasteiger partial charge in [0.05, 0.1) is 12.5 Å². The quantitative estimate of drug-likeness (QED) is 0.454. The lowest BCUT2D eigenvalue weighted by molar-refractivity contribution is 0.415. The minimum absolute atomic E-state index is 0.243. The van der Waals surface area contributed by atoms with Gasteiger partial charge in [-0.25, -0.2) is 4.98 Å². The standard InChI is InChI=1S/C24H18N4O2/c1-30-19-10-8-18(9-11-19)26-24-27-22-21(23(29)28-24)20(12-13-25-22)17-7-6-15-4-2-3-5-16(15)14-17/h2-14H,1H3,(H2,25,26,27,28,29). The van der Waals surface area contributed by atoms with Crippen LogP contribution >= 0.6 is 0 Å². The summed E-state index contributed by atoms with van der Waals surface area (Å²) in [5.74, 6) is 1.09. The number of ether oxygens (including phenoxy) is 1. The molecule has 0 fully saturated rings. The van der Waals surface area contributed by atoms with E-state index in [-0.39, 0.29) is 5.56 Å². The van der Waals surface area contributed by atoms with Crippen LogP contribution in [0.4, 0.5) is 11.6 Å². The highest BCUT2D eigenvalue weighted by atomic mass is 16.5. The molecular weight excluding hydrogens is 376 g/mol. The summed E-state index contributed by atoms with van der Waals surface area (Å²) < 4.78 is 5.17. The maximum absolute atomic E-state index is 13.0. The van der Waals surface area contributed by atoms with Crippen LogP contribution in [0.25, 0.3) is 32.9 Å². The van der Waals surface area contributed by atoms with Crippen molar-refractivity contribution in [2.75, 3.05) is 12.4 Å². The van der Waals surface area contributed by atoms with Gasteiger partial charge in [0.2, 0.25) is 5.95 Å². The first kappa shape index (κ1) is 17.9. The summed E-state index contributed by atoms with van der Waals surface area (Å²) >= 11 is 0. The van der Waals surface area contributed by atoms with E-state index in [1.54, 1.807) is 13.3 Å². The summed E-state index contributed by atoms with van der Waals surface area (Å²) in [6, 6.07) is 23.5. The molecule has 2 N–H and O–H groups in total. The third-order valence-electron chi connectivity index (χ3n) is 5.02. The summed E-state index contributed by atoms with van der Waals surface area (Å²) in [4.78, 5) is 24.6. The van der Waals surface area contributed by atoms with Crippen LogP contribution in [-0.2, 0) is 0 Å². The number of aromatic amines is 1. The molecule has 146 valence electrons. The fraction of sp³-hybridized carbons (Fsp3) is 0.0417. The molecule has 6 heteroatoms. The molecule has 2 aromatic heterocycles. The van der Waals surface area contributed by atoms with Gasteiger partial charge in [-0.1, -0.05) is 36.4 Å². The van der Waals surface area contributed by atoms with Crippen molar-refractivity contribution in [3.8, 4) is 16.9 Å². The largest absolute Gasteiger partial charge is 0.497 e. The maximum atomic E-state index is 13.0. The minimum atomic E-state index is -0.243. The van der Waals surface area contributed by atoms with E-state index in [0.29, 0.717) is 17.0 Å². The number of hydrogen-bond acceptors (Lipinski definition) is 5. The smallest absolute Gasteiger partial charge is 0.262 e. The molecule has 0 radical (unpaired) electrons. The number of aromatic nitrogens is 3. The fourth-order valence-electron chi connectivity index (χ4n) is 3.53. The van der Waals surface area contributed by atoms with Crippen LogP contribution in [-0.4, -0.2) is 22.1 Å². The molecule has 5 aromatic rings. The van der Waals surface area contributed by atoms with Crippen molar-refractivity contribution in [3.05, 3.63) is 89.3 Å². The number of nitrogens with zero attached hydrogens (tertiary/aromatic N) is 2. The van der Waals surface area contributed by atoms with Crippen LogP contribution in [0.1, 0.15) is 0 Å². The van der Waals surface area contributed by atoms with Gasteiger partial charge in [0.25, 0.3) is 5.56 Å². The zero-order valence-electron chi connectivity index (χ0n) is 16.2. The van der Waals surface area contributed by atoms with E-state index >= 15 is 0 Å². The molecule has 2 heterocycles. The summed E-state index contributed by atoms with van der Waals surface area (Å²) in [5, 5.41) is 5.84. The maximum Gasteiger partial charge on any atom is 0.262 e. The first-order chi connectivity index (χ1) is 14.7. The molecule has 0 aliphatic carbocycles. The topological polar surface area (TPSA) is 79.9 Å². The SMILES string of the molecule is COc1ccc(Nc2nc3nccc(-c4ccc5ccccc5c4)c3c(=O)[nH]2)cc1. The lowest BCUT2D eigenvalue weighted by atomic mass is 10.00. The Hall–Kier alpha value is -4.19. The molecule has 0 unspecified atom stereocenters. The number of benzene rings is 3. The van der Waals surface area contributed by atoms with Gasteiger partial charge in [0.15, 0.2) is 5.65 Å². The molecule has 30 heavy (non-hydrogen) atoms. The van der Waals surface area contributed by atoms with E-state index in [0.717, 1.165) is 33.3 Å². The first-order valence-electron chi connectivity index (χ1n) is 9.50. The first-order valence-corrected chi connectivity index (χ1v) is 9.50. The molecule has 5 rings (SSSR count). The number of anilines is 2. The number of fused-ring (bicyclic) bond motifs is 2. The zero-order valence-corrected chi connectivity index (χ0v) is 16.2. The Labute approximate surface area is 172 Å². The Morgan fingerprint density at radius 1 is 0.933 bits per heavy atom. The van der Waals surface area contributed by atoms with Crippen molar-refractivity contribution in [3.63, 3.8) is 0 Å². The van der Waals surface area contributed by atoms with Crippen molar-refractivity contribution < 1.29 is 4.74 Å². The van der Waals surface area contributed by atoms with Gasteiger partial charge in [-0.05, 0) is 58.3 Å². The van der Waals surface area contributed by atoms with E-state index in [1.807, 2.05) is 48.5 Å². The summed E-state index contributed by atoms with van der Waals surface area (Å²) in [6.07, 6.45) is 1.68. The number of hydrogen-bond donors (Lipinski definition) is 2. The molecule has 3 aromatic carbocycles. The van der Waals surface area contributed by atoms with Crippen LogP contribution in [0.5, 0.6) is 5.75 Å². The average Bonchev–Trinajstić information content (AvgIpc) is 2.79. The Bertz CT molecular complexity index is 1430. The van der Waals surface area contributed by atoms with Gasteiger partial charge in [-0.2, -0.15) is 4.98 Å². The molecule has 6 nitrogen and oxygen atoms in total. The molecule has 0 aliphatic heterocycles. The van der Waals surface area contributed by atoms with E-state index in [9.17, 15) is 4.79 Å². The normalized spacial score (nSPS) is 11.0. The molecule has 0 amide bonds. The Kier molecular flexibility index (Phi) is 4.37. The summed E-state index contributed by atoms with van der Waals surface area (Å²) in [7, 11) is 1.61. The highest BCUT2D eigenvalue weighted by Crippen LogP contribution is 2.28. The Morgan fingerprint density at radius 2 is 1.73 bits per heavy atom. The van der Waals surface area contributed by atoms with Crippen molar-refractivity contribution >= 4 is 33.4 Å². The van der Waals surface area contributed by atoms with Gasteiger partial charge in [0, 0.05) is 11.9 Å². The summed E-state index contributed by atoms with van der Waals surface area (Å²) in [5.41, 5.74) is 2.68. The molecule has 0 atom stereocenters. The lowest BCUT2D eigenvalue weighted by Gasteiger charge is -2.10. The lowest BCUT2D eigenvalue weighted by Crippen LogP contribution is -2.13. The molecular formula is C24H18N4O2. The highest BCUT2D eigenvalue weighted by molar-refractivity contribution is 5.95. The van der Waals surface area contributed by atoms with Crippen molar-refractivity contribution in [1.29, 1.82) is 0 Å². The third kappa shape index (κ3) is 3.24. The van der Waals surface area contributed by atoms with Crippen LogP contribution in [0.15, 0.2) is 83.8 Å². The average molecular weight is 394 g/mol. The number of pyridine rings is 1. The van der Waals surface area contributed by atoms with E-state index in [2.05, 4.69) is 44.5 Å². The second kappa shape index (κ2) is 7.33. The van der Waals surface area contributed by atoms with Gasteiger partial charge in [-0.15, -0.1) is 0 Å². The number of H-pyrrole nitrogens is 1. The third-order valence-corrected chi connectivity index (χ3v) is 5.02. The second-order valence-electron chi connectivity index (χ2n) is 6.89. The Balaban J connectivity index is 1.58. The van der Waals surface area contributed by atoms with Crippen LogP contribution in [0, 0.1) is 0 Å². The fourth-order valence-corrected chi connectivity index (χ4v) is 3.53. The van der Waals surface area contributed by atoms with Gasteiger partial charge >= 0.3 is 0 Å². The minimum Gasteiger partial charge on any atom is -0.497 e. The van der Waals surface area contributed by atoms with Crippen molar-refractivity contribution in [2.45, 2.75) is 0 Å². The van der Waals surface area contributed by atoms with Gasteiger partial charge in [0.1, 0.15) is 5.75 Å². The van der Waals surface area contributed by atoms with Crippen LogP contribution in [0.2, 0.25) is 0 Å². The van der Waals surface area contributed by atoms with E-state index in [1.165, 1.54) is 0 Å². The molecule has 0 spiro atoms. The monoisotopic (exact) mass is 394 g/mol. The van der Waals surface area contributed by atoms with E-state index in [4.69, 9.17) is 4.74 Å². The summed E-state index contributed by atoms with van der Waals surface area (Å²) in [6.45, 7) is 0. The molecule has 0 bridgehead atoms. The second-order valence-corrected chi connectivity index (χ2v) is 6.89. The predicted octanol–water partition coefficient (Wildman–Crippen LogP) is 4.89. The van der Waals surface area contributed by atoms with Crippen LogP contribution < -0.4 is 15.6 Å². The predicted molar refractivity (Wildman–Crippen MR) is 119 cm³/mol. The van der Waals surface area contributed by atoms with Gasteiger partial charge in [-0.3, -0.25) is 9.78 Å². The molecule has 0 aliphatic rings. The van der Waals surface area contributed by atoms with E-state index < -0.39 is 0 Å². The number of nitrogens with one attached hydrogen (secondary N) is 2. The van der Waals surface area contributed by atoms with Crippen LogP contribution in [0.3, 0.4) is 0 Å². The number of rotatable bonds is 4. The van der Waals surface area contributed by atoms with Gasteiger partial charge < -0.3 is 10.1 Å². The zero-order chi connectivity index (χ0) is 20.5. The molecule has 0 saturated carbocycles. The van der Waals surface area contributed by atoms with Crippen molar-refractivity contribution in [2.24, 2.45) is 0 Å².